The van der Waals surface area contributed by atoms with Crippen LogP contribution >= 0.6 is 0 Å². The van der Waals surface area contributed by atoms with Gasteiger partial charge < -0.3 is 20.3 Å². The average molecular weight is 237 g/mol. The Morgan fingerprint density at radius 2 is 2.35 bits per heavy atom. The molecule has 0 saturated heterocycles. The molecule has 0 bridgehead atoms. The molecular weight excluding hydrogens is 222 g/mol. The van der Waals surface area contributed by atoms with Crippen LogP contribution in [0, 0.1) is 0 Å². The summed E-state index contributed by atoms with van der Waals surface area (Å²) in [5.74, 6) is 0.148. The Morgan fingerprint density at radius 1 is 1.59 bits per heavy atom. The second kappa shape index (κ2) is 4.63. The molecule has 0 aliphatic carbocycles. The van der Waals surface area contributed by atoms with Gasteiger partial charge in [0.15, 0.2) is 0 Å². The van der Waals surface area contributed by atoms with Crippen LogP contribution in [0.5, 0.6) is 11.5 Å². The lowest BCUT2D eigenvalue weighted by molar-refractivity contribution is -0.138. The number of carboxylic acids is 1. The molecule has 1 aromatic carbocycles. The summed E-state index contributed by atoms with van der Waals surface area (Å²) in [4.78, 5) is 11.0. The van der Waals surface area contributed by atoms with Gasteiger partial charge in [0.1, 0.15) is 17.5 Å². The first-order chi connectivity index (χ1) is 8.15. The molecule has 1 aliphatic rings. The molecule has 0 aromatic heterocycles. The number of ether oxygens (including phenoxy) is 2. The topological polar surface area (TPSA) is 81.8 Å². The van der Waals surface area contributed by atoms with Crippen molar-refractivity contribution in [1.29, 1.82) is 0 Å². The fourth-order valence-corrected chi connectivity index (χ4v) is 2.09. The van der Waals surface area contributed by atoms with E-state index in [1.165, 1.54) is 7.11 Å². The van der Waals surface area contributed by atoms with Gasteiger partial charge >= 0.3 is 5.97 Å². The molecule has 1 aromatic rings. The number of aliphatic carboxylic acids is 1. The van der Waals surface area contributed by atoms with Crippen molar-refractivity contribution in [2.75, 3.05) is 13.7 Å². The van der Waals surface area contributed by atoms with E-state index < -0.39 is 12.0 Å². The highest BCUT2D eigenvalue weighted by Crippen LogP contribution is 2.37. The zero-order valence-corrected chi connectivity index (χ0v) is 9.60. The molecular formula is C12H15NO4. The van der Waals surface area contributed by atoms with E-state index in [0.717, 1.165) is 18.4 Å². The molecule has 17 heavy (non-hydrogen) atoms. The van der Waals surface area contributed by atoms with Crippen LogP contribution in [0.25, 0.3) is 0 Å². The number of rotatable bonds is 3. The Bertz CT molecular complexity index is 444. The van der Waals surface area contributed by atoms with Crippen molar-refractivity contribution in [2.24, 2.45) is 5.73 Å². The Morgan fingerprint density at radius 3 is 3.00 bits per heavy atom. The second-order valence-corrected chi connectivity index (χ2v) is 3.93. The minimum Gasteiger partial charge on any atom is -0.496 e. The zero-order chi connectivity index (χ0) is 12.4. The van der Waals surface area contributed by atoms with Crippen LogP contribution < -0.4 is 15.2 Å². The van der Waals surface area contributed by atoms with Gasteiger partial charge in [-0.25, -0.2) is 0 Å². The van der Waals surface area contributed by atoms with E-state index >= 15 is 0 Å². The van der Waals surface area contributed by atoms with E-state index in [0.29, 0.717) is 23.7 Å². The molecule has 5 heteroatoms. The number of fused-ring (bicyclic) bond motifs is 1. The molecule has 0 radical (unpaired) electrons. The van der Waals surface area contributed by atoms with E-state index in [4.69, 9.17) is 20.3 Å². The molecule has 2 rings (SSSR count). The monoisotopic (exact) mass is 237 g/mol. The summed E-state index contributed by atoms with van der Waals surface area (Å²) >= 11 is 0. The van der Waals surface area contributed by atoms with Crippen LogP contribution in [-0.2, 0) is 11.2 Å². The zero-order valence-electron chi connectivity index (χ0n) is 9.60. The van der Waals surface area contributed by atoms with Gasteiger partial charge in [-0.2, -0.15) is 0 Å². The summed E-state index contributed by atoms with van der Waals surface area (Å²) in [6.45, 7) is 0.654. The third-order valence-electron chi connectivity index (χ3n) is 2.90. The minimum atomic E-state index is -1.08. The fraction of sp³-hybridized carbons (Fsp3) is 0.417. The lowest BCUT2D eigenvalue weighted by Gasteiger charge is -2.23. The highest BCUT2D eigenvalue weighted by molar-refractivity contribution is 5.77. The summed E-state index contributed by atoms with van der Waals surface area (Å²) in [7, 11) is 1.50. The first kappa shape index (κ1) is 11.7. The smallest absolute Gasteiger partial charge is 0.325 e. The standard InChI is InChI=1S/C12H15NO4/c1-16-9-5-4-8-7(3-2-6-17-8)10(9)11(13)12(14)15/h4-5,11H,2-3,6,13H2,1H3,(H,14,15). The van der Waals surface area contributed by atoms with E-state index in [1.54, 1.807) is 12.1 Å². The molecule has 0 saturated carbocycles. The van der Waals surface area contributed by atoms with E-state index in [9.17, 15) is 4.79 Å². The molecule has 1 atom stereocenters. The Hall–Kier alpha value is -1.75. The third kappa shape index (κ3) is 2.06. The van der Waals surface area contributed by atoms with Gasteiger partial charge in [0.25, 0.3) is 0 Å². The van der Waals surface area contributed by atoms with Gasteiger partial charge in [0.05, 0.1) is 13.7 Å². The lowest BCUT2D eigenvalue weighted by atomic mass is 9.94. The number of hydrogen-bond acceptors (Lipinski definition) is 4. The number of carboxylic acid groups (broad SMARTS) is 1. The predicted octanol–water partition coefficient (Wildman–Crippen LogP) is 1.10. The number of hydrogen-bond donors (Lipinski definition) is 2. The lowest BCUT2D eigenvalue weighted by Crippen LogP contribution is -2.24. The SMILES string of the molecule is COc1ccc2c(c1C(N)C(=O)O)CCCO2. The Labute approximate surface area is 99.1 Å². The molecule has 1 unspecified atom stereocenters. The molecule has 0 amide bonds. The van der Waals surface area contributed by atoms with Crippen LogP contribution in [0.15, 0.2) is 12.1 Å². The minimum absolute atomic E-state index is 0.504. The largest absolute Gasteiger partial charge is 0.496 e. The van der Waals surface area contributed by atoms with Gasteiger partial charge in [-0.3, -0.25) is 4.79 Å². The van der Waals surface area contributed by atoms with E-state index in [1.807, 2.05) is 0 Å². The van der Waals surface area contributed by atoms with Crippen molar-refractivity contribution < 1.29 is 19.4 Å². The summed E-state index contributed by atoms with van der Waals surface area (Å²) in [6.07, 6.45) is 1.63. The first-order valence-electron chi connectivity index (χ1n) is 5.46. The number of nitrogens with two attached hydrogens (primary N) is 1. The van der Waals surface area contributed by atoms with Crippen LogP contribution in [0.2, 0.25) is 0 Å². The van der Waals surface area contributed by atoms with Crippen LogP contribution in [0.3, 0.4) is 0 Å². The maximum atomic E-state index is 11.0. The molecule has 5 nitrogen and oxygen atoms in total. The summed E-state index contributed by atoms with van der Waals surface area (Å²) in [5.41, 5.74) is 7.08. The maximum absolute atomic E-state index is 11.0. The average Bonchev–Trinajstić information content (AvgIpc) is 2.36. The number of carbonyl (C=O) groups is 1. The van der Waals surface area contributed by atoms with Crippen molar-refractivity contribution in [3.05, 3.63) is 23.3 Å². The number of benzene rings is 1. The van der Waals surface area contributed by atoms with Gasteiger partial charge in [-0.1, -0.05) is 0 Å². The van der Waals surface area contributed by atoms with Gasteiger partial charge in [-0.15, -0.1) is 0 Å². The highest BCUT2D eigenvalue weighted by atomic mass is 16.5. The fourth-order valence-electron chi connectivity index (χ4n) is 2.09. The van der Waals surface area contributed by atoms with Crippen LogP contribution in [0.4, 0.5) is 0 Å². The predicted molar refractivity (Wildman–Crippen MR) is 61.4 cm³/mol. The molecule has 0 spiro atoms. The number of methoxy groups -OCH3 is 1. The molecule has 0 fully saturated rings. The summed E-state index contributed by atoms with van der Waals surface area (Å²) < 4.78 is 10.7. The molecule has 1 heterocycles. The van der Waals surface area contributed by atoms with Crippen LogP contribution in [-0.4, -0.2) is 24.8 Å². The van der Waals surface area contributed by atoms with E-state index in [-0.39, 0.29) is 0 Å². The third-order valence-corrected chi connectivity index (χ3v) is 2.90. The van der Waals surface area contributed by atoms with Crippen molar-refractivity contribution in [3.8, 4) is 11.5 Å². The Kier molecular flexibility index (Phi) is 3.19. The van der Waals surface area contributed by atoms with Crippen molar-refractivity contribution in [3.63, 3.8) is 0 Å². The van der Waals surface area contributed by atoms with Crippen LogP contribution in [0.1, 0.15) is 23.6 Å². The Balaban J connectivity index is 2.55. The van der Waals surface area contributed by atoms with Crippen molar-refractivity contribution in [2.45, 2.75) is 18.9 Å². The maximum Gasteiger partial charge on any atom is 0.325 e. The first-order valence-corrected chi connectivity index (χ1v) is 5.46. The van der Waals surface area contributed by atoms with Crippen molar-refractivity contribution in [1.82, 2.24) is 0 Å². The second-order valence-electron chi connectivity index (χ2n) is 3.93. The van der Waals surface area contributed by atoms with E-state index in [2.05, 4.69) is 0 Å². The summed E-state index contributed by atoms with van der Waals surface area (Å²) in [6, 6.07) is 2.41. The summed E-state index contributed by atoms with van der Waals surface area (Å²) in [5, 5.41) is 9.04. The molecule has 92 valence electrons. The highest BCUT2D eigenvalue weighted by Gasteiger charge is 2.26. The normalized spacial score (nSPS) is 15.6. The van der Waals surface area contributed by atoms with Gasteiger partial charge in [0, 0.05) is 11.1 Å². The molecule has 3 N–H and O–H groups in total. The molecule has 1 aliphatic heterocycles. The quantitative estimate of drug-likeness (QED) is 0.822. The van der Waals surface area contributed by atoms with Gasteiger partial charge in [-0.05, 0) is 25.0 Å². The van der Waals surface area contributed by atoms with Gasteiger partial charge in [0.2, 0.25) is 0 Å². The van der Waals surface area contributed by atoms with Crippen molar-refractivity contribution >= 4 is 5.97 Å².